The smallest absolute Gasteiger partial charge is 0.257 e. The molecule has 5 nitrogen and oxygen atoms in total. The quantitative estimate of drug-likeness (QED) is 0.802. The van der Waals surface area contributed by atoms with E-state index in [2.05, 4.69) is 12.0 Å². The van der Waals surface area contributed by atoms with Crippen LogP contribution in [0.2, 0.25) is 0 Å². The summed E-state index contributed by atoms with van der Waals surface area (Å²) in [6.07, 6.45) is 3.71. The van der Waals surface area contributed by atoms with Crippen LogP contribution < -0.4 is 5.73 Å². The van der Waals surface area contributed by atoms with E-state index in [4.69, 9.17) is 5.73 Å². The number of hydrogen-bond donors (Lipinski definition) is 1. The molecule has 0 aliphatic carbocycles. The lowest BCUT2D eigenvalue weighted by Gasteiger charge is -2.21. The van der Waals surface area contributed by atoms with E-state index in [0.717, 1.165) is 25.1 Å². The first-order valence-corrected chi connectivity index (χ1v) is 6.09. The van der Waals surface area contributed by atoms with Crippen molar-refractivity contribution in [2.75, 3.05) is 19.6 Å². The Balaban J connectivity index is 2.80. The number of aryl methyl sites for hydroxylation is 1. The molecular weight excluding hydrogens is 216 g/mol. The number of aromatic nitrogens is 2. The first-order chi connectivity index (χ1) is 8.11. The van der Waals surface area contributed by atoms with Gasteiger partial charge in [-0.2, -0.15) is 5.10 Å². The van der Waals surface area contributed by atoms with Gasteiger partial charge in [0.25, 0.3) is 5.91 Å². The maximum atomic E-state index is 12.3. The molecule has 1 amide bonds. The van der Waals surface area contributed by atoms with Gasteiger partial charge in [0.2, 0.25) is 0 Å². The number of carbonyl (C=O) groups is 1. The molecule has 96 valence electrons. The van der Waals surface area contributed by atoms with Crippen LogP contribution >= 0.6 is 0 Å². The van der Waals surface area contributed by atoms with Gasteiger partial charge in [-0.3, -0.25) is 9.48 Å². The minimum Gasteiger partial charge on any atom is -0.337 e. The zero-order valence-electron chi connectivity index (χ0n) is 10.9. The molecule has 0 radical (unpaired) electrons. The van der Waals surface area contributed by atoms with Gasteiger partial charge in [0.15, 0.2) is 0 Å². The van der Waals surface area contributed by atoms with Crippen molar-refractivity contribution in [1.29, 1.82) is 0 Å². The molecule has 0 spiro atoms. The van der Waals surface area contributed by atoms with Gasteiger partial charge in [-0.15, -0.1) is 0 Å². The van der Waals surface area contributed by atoms with Gasteiger partial charge in [0, 0.05) is 32.4 Å². The van der Waals surface area contributed by atoms with E-state index in [1.165, 1.54) is 0 Å². The predicted molar refractivity (Wildman–Crippen MR) is 67.8 cm³/mol. The fourth-order valence-electron chi connectivity index (χ4n) is 1.70. The molecule has 2 N–H and O–H groups in total. The summed E-state index contributed by atoms with van der Waals surface area (Å²) in [5.74, 6) is 0.0366. The molecule has 0 saturated carbocycles. The third-order valence-electron chi connectivity index (χ3n) is 2.93. The average Bonchev–Trinajstić information content (AvgIpc) is 2.65. The third kappa shape index (κ3) is 3.30. The second-order valence-corrected chi connectivity index (χ2v) is 4.20. The highest BCUT2D eigenvalue weighted by Gasteiger charge is 2.18. The maximum Gasteiger partial charge on any atom is 0.257 e. The number of nitrogens with zero attached hydrogens (tertiary/aromatic N) is 3. The molecule has 17 heavy (non-hydrogen) atoms. The molecule has 0 aliphatic heterocycles. The zero-order chi connectivity index (χ0) is 12.8. The summed E-state index contributed by atoms with van der Waals surface area (Å²) >= 11 is 0. The molecule has 1 aromatic rings. The highest BCUT2D eigenvalue weighted by atomic mass is 16.2. The lowest BCUT2D eigenvalue weighted by molar-refractivity contribution is 0.0757. The summed E-state index contributed by atoms with van der Waals surface area (Å²) in [5, 5.41) is 4.10. The van der Waals surface area contributed by atoms with Crippen LogP contribution in [0.25, 0.3) is 0 Å². The van der Waals surface area contributed by atoms with Crippen LogP contribution in [-0.4, -0.2) is 40.2 Å². The normalized spacial score (nSPS) is 10.6. The third-order valence-corrected chi connectivity index (χ3v) is 2.93. The van der Waals surface area contributed by atoms with Gasteiger partial charge in [-0.1, -0.05) is 13.3 Å². The Labute approximate surface area is 103 Å². The van der Waals surface area contributed by atoms with E-state index >= 15 is 0 Å². The van der Waals surface area contributed by atoms with Crippen molar-refractivity contribution in [2.45, 2.75) is 26.7 Å². The lowest BCUT2D eigenvalue weighted by atomic mass is 10.2. The number of rotatable bonds is 6. The lowest BCUT2D eigenvalue weighted by Crippen LogP contribution is -2.36. The molecule has 1 rings (SSSR count). The van der Waals surface area contributed by atoms with Gasteiger partial charge in [0.1, 0.15) is 0 Å². The second-order valence-electron chi connectivity index (χ2n) is 4.20. The Morgan fingerprint density at radius 3 is 2.71 bits per heavy atom. The first-order valence-electron chi connectivity index (χ1n) is 6.09. The van der Waals surface area contributed by atoms with Crippen molar-refractivity contribution in [2.24, 2.45) is 12.8 Å². The molecule has 1 aromatic heterocycles. The zero-order valence-corrected chi connectivity index (χ0v) is 10.9. The summed E-state index contributed by atoms with van der Waals surface area (Å²) in [6.45, 7) is 5.88. The van der Waals surface area contributed by atoms with Crippen molar-refractivity contribution >= 4 is 5.91 Å². The number of amides is 1. The summed E-state index contributed by atoms with van der Waals surface area (Å²) < 4.78 is 1.72. The molecule has 0 aliphatic rings. The van der Waals surface area contributed by atoms with Crippen LogP contribution in [0.3, 0.4) is 0 Å². The van der Waals surface area contributed by atoms with Crippen LogP contribution in [0.1, 0.15) is 35.8 Å². The maximum absolute atomic E-state index is 12.3. The summed E-state index contributed by atoms with van der Waals surface area (Å²) in [7, 11) is 1.84. The summed E-state index contributed by atoms with van der Waals surface area (Å²) in [5.41, 5.74) is 7.12. The van der Waals surface area contributed by atoms with Gasteiger partial charge in [-0.05, 0) is 13.3 Å². The fraction of sp³-hybridized carbons (Fsp3) is 0.667. The van der Waals surface area contributed by atoms with E-state index < -0.39 is 0 Å². The topological polar surface area (TPSA) is 64.2 Å². The van der Waals surface area contributed by atoms with Crippen molar-refractivity contribution in [3.8, 4) is 0 Å². The van der Waals surface area contributed by atoms with Gasteiger partial charge >= 0.3 is 0 Å². The fourth-order valence-corrected chi connectivity index (χ4v) is 1.70. The minimum atomic E-state index is 0.0366. The standard InChI is InChI=1S/C12H22N4O/c1-4-5-7-16(8-6-13)12(17)11-9-14-15(3)10(11)2/h9H,4-8,13H2,1-3H3. The minimum absolute atomic E-state index is 0.0366. The molecular formula is C12H22N4O. The average molecular weight is 238 g/mol. The number of unbranched alkanes of at least 4 members (excludes halogenated alkanes) is 1. The van der Waals surface area contributed by atoms with Gasteiger partial charge in [0.05, 0.1) is 11.8 Å². The van der Waals surface area contributed by atoms with Crippen molar-refractivity contribution < 1.29 is 4.79 Å². The van der Waals surface area contributed by atoms with Crippen LogP contribution in [-0.2, 0) is 7.05 Å². The molecule has 0 atom stereocenters. The Morgan fingerprint density at radius 2 is 2.24 bits per heavy atom. The van der Waals surface area contributed by atoms with Crippen LogP contribution in [0.5, 0.6) is 0 Å². The second kappa shape index (κ2) is 6.39. The van der Waals surface area contributed by atoms with Crippen LogP contribution in [0, 0.1) is 6.92 Å². The van der Waals surface area contributed by atoms with E-state index in [9.17, 15) is 4.79 Å². The first kappa shape index (κ1) is 13.7. The SMILES string of the molecule is CCCCN(CCN)C(=O)c1cnn(C)c1C. The van der Waals surface area contributed by atoms with Crippen LogP contribution in [0.4, 0.5) is 0 Å². The Kier molecular flexibility index (Phi) is 5.15. The predicted octanol–water partition coefficient (Wildman–Crippen LogP) is 0.930. The highest BCUT2D eigenvalue weighted by Crippen LogP contribution is 2.10. The van der Waals surface area contributed by atoms with E-state index in [1.807, 2.05) is 18.9 Å². The van der Waals surface area contributed by atoms with E-state index in [-0.39, 0.29) is 5.91 Å². The molecule has 0 fully saturated rings. The molecule has 0 unspecified atom stereocenters. The van der Waals surface area contributed by atoms with Crippen molar-refractivity contribution in [3.05, 3.63) is 17.5 Å². The monoisotopic (exact) mass is 238 g/mol. The van der Waals surface area contributed by atoms with Gasteiger partial charge < -0.3 is 10.6 Å². The number of nitrogens with two attached hydrogens (primary N) is 1. The van der Waals surface area contributed by atoms with E-state index in [1.54, 1.807) is 10.9 Å². The molecule has 0 saturated heterocycles. The number of carbonyl (C=O) groups excluding carboxylic acids is 1. The van der Waals surface area contributed by atoms with E-state index in [0.29, 0.717) is 18.7 Å². The van der Waals surface area contributed by atoms with Crippen molar-refractivity contribution in [3.63, 3.8) is 0 Å². The van der Waals surface area contributed by atoms with Crippen LogP contribution in [0.15, 0.2) is 6.20 Å². The summed E-state index contributed by atoms with van der Waals surface area (Å²) in [4.78, 5) is 14.1. The summed E-state index contributed by atoms with van der Waals surface area (Å²) in [6, 6.07) is 0. The largest absolute Gasteiger partial charge is 0.337 e. The highest BCUT2D eigenvalue weighted by molar-refractivity contribution is 5.95. The molecule has 5 heteroatoms. The Morgan fingerprint density at radius 1 is 1.53 bits per heavy atom. The molecule has 0 bridgehead atoms. The molecule has 1 heterocycles. The Bertz CT molecular complexity index is 373. The Hall–Kier alpha value is -1.36. The number of hydrogen-bond acceptors (Lipinski definition) is 3. The molecule has 0 aromatic carbocycles. The van der Waals surface area contributed by atoms with Crippen molar-refractivity contribution in [1.82, 2.24) is 14.7 Å². The van der Waals surface area contributed by atoms with Gasteiger partial charge in [-0.25, -0.2) is 0 Å².